The number of sulfonamides is 1. The van der Waals surface area contributed by atoms with E-state index in [-0.39, 0.29) is 4.21 Å². The molecule has 0 aliphatic carbocycles. The van der Waals surface area contributed by atoms with Crippen LogP contribution in [0.5, 0.6) is 0 Å². The van der Waals surface area contributed by atoms with Crippen LogP contribution in [0.25, 0.3) is 0 Å². The zero-order valence-corrected chi connectivity index (χ0v) is 16.7. The van der Waals surface area contributed by atoms with E-state index in [0.717, 1.165) is 38.4 Å². The maximum Gasteiger partial charge on any atom is 0.247 e. The van der Waals surface area contributed by atoms with E-state index in [4.69, 9.17) is 16.7 Å². The summed E-state index contributed by atoms with van der Waals surface area (Å²) in [5.41, 5.74) is 0. The molecule has 2 rings (SSSR count). The monoisotopic (exact) mass is 418 g/mol. The van der Waals surface area contributed by atoms with Gasteiger partial charge in [-0.1, -0.05) is 11.6 Å². The number of hydrogen-bond acceptors (Lipinski definition) is 5. The average Bonchev–Trinajstić information content (AvgIpc) is 3.05. The lowest BCUT2D eigenvalue weighted by molar-refractivity contribution is 0.600. The summed E-state index contributed by atoms with van der Waals surface area (Å²) in [5, 5.41) is 12.2. The Hall–Kier alpha value is -1.26. The number of halogens is 1. The number of primary sulfonamides is 1. The molecular weight excluding hydrogens is 400 g/mol. The normalized spacial score (nSPS) is 12.2. The van der Waals surface area contributed by atoms with Crippen LogP contribution in [0, 0.1) is 0 Å². The third-order valence-electron chi connectivity index (χ3n) is 3.05. The van der Waals surface area contributed by atoms with Crippen molar-refractivity contribution in [2.24, 2.45) is 10.1 Å². The second-order valence-corrected chi connectivity index (χ2v) is 9.48. The predicted octanol–water partition coefficient (Wildman–Crippen LogP) is 2.51. The minimum Gasteiger partial charge on any atom is -0.356 e. The van der Waals surface area contributed by atoms with Crippen LogP contribution in [0.15, 0.2) is 50.5 Å². The fraction of sp³-hybridized carbons (Fsp3) is 0.267. The molecule has 1 aromatic carbocycles. The van der Waals surface area contributed by atoms with E-state index in [9.17, 15) is 8.42 Å². The fourth-order valence-corrected chi connectivity index (χ4v) is 4.48. The smallest absolute Gasteiger partial charge is 0.247 e. The molecule has 0 saturated heterocycles. The molecule has 0 aliphatic heterocycles. The lowest BCUT2D eigenvalue weighted by Crippen LogP contribution is -2.37. The van der Waals surface area contributed by atoms with Crippen molar-refractivity contribution >= 4 is 50.7 Å². The van der Waals surface area contributed by atoms with Gasteiger partial charge in [-0.05, 0) is 36.4 Å². The first kappa shape index (κ1) is 20.1. The standard InChI is InChI=1S/C15H19ClN4O2S3/c1-18-15(19-8-9-23-12-4-2-11(16)3-5-12)20-10-13-6-7-14(24-13)25(17,21)22/h2-7H,8-10H2,1H3,(H2,17,21,22)(H2,18,19,20). The summed E-state index contributed by atoms with van der Waals surface area (Å²) in [6, 6.07) is 11.0. The van der Waals surface area contributed by atoms with E-state index in [0.29, 0.717) is 12.5 Å². The molecule has 0 radical (unpaired) electrons. The van der Waals surface area contributed by atoms with Crippen LogP contribution in [0.1, 0.15) is 4.88 Å². The number of guanidine groups is 1. The Balaban J connectivity index is 1.73. The van der Waals surface area contributed by atoms with Crippen molar-refractivity contribution < 1.29 is 8.42 Å². The van der Waals surface area contributed by atoms with Gasteiger partial charge in [0.2, 0.25) is 10.0 Å². The van der Waals surface area contributed by atoms with Gasteiger partial charge in [0.15, 0.2) is 5.96 Å². The van der Waals surface area contributed by atoms with Crippen molar-refractivity contribution in [3.63, 3.8) is 0 Å². The molecular formula is C15H19ClN4O2S3. The van der Waals surface area contributed by atoms with Crippen molar-refractivity contribution in [3.05, 3.63) is 46.3 Å². The molecule has 4 N–H and O–H groups in total. The molecule has 0 aliphatic rings. The van der Waals surface area contributed by atoms with Crippen LogP contribution in [0.2, 0.25) is 5.02 Å². The zero-order chi connectivity index (χ0) is 18.3. The third-order valence-corrected chi connectivity index (χ3v) is 6.84. The highest BCUT2D eigenvalue weighted by Gasteiger charge is 2.11. The maximum atomic E-state index is 11.3. The summed E-state index contributed by atoms with van der Waals surface area (Å²) in [6.07, 6.45) is 0. The van der Waals surface area contributed by atoms with Crippen molar-refractivity contribution in [2.45, 2.75) is 15.6 Å². The maximum absolute atomic E-state index is 11.3. The zero-order valence-electron chi connectivity index (χ0n) is 13.5. The number of thiophene rings is 1. The molecule has 0 unspecified atom stereocenters. The largest absolute Gasteiger partial charge is 0.356 e. The molecule has 1 heterocycles. The Bertz CT molecular complexity index is 820. The second kappa shape index (κ2) is 9.44. The molecule has 0 fully saturated rings. The van der Waals surface area contributed by atoms with Gasteiger partial charge in [0.05, 0.1) is 6.54 Å². The highest BCUT2D eigenvalue weighted by molar-refractivity contribution is 7.99. The quantitative estimate of drug-likeness (QED) is 0.278. The summed E-state index contributed by atoms with van der Waals surface area (Å²) < 4.78 is 22.7. The van der Waals surface area contributed by atoms with Gasteiger partial charge in [0.1, 0.15) is 4.21 Å². The number of hydrogen-bond donors (Lipinski definition) is 3. The van der Waals surface area contributed by atoms with Gasteiger partial charge < -0.3 is 10.6 Å². The van der Waals surface area contributed by atoms with E-state index in [1.54, 1.807) is 24.9 Å². The molecule has 25 heavy (non-hydrogen) atoms. The number of rotatable bonds is 7. The Kier molecular flexibility index (Phi) is 7.57. The summed E-state index contributed by atoms with van der Waals surface area (Å²) in [6.45, 7) is 1.21. The minimum atomic E-state index is -3.64. The van der Waals surface area contributed by atoms with E-state index < -0.39 is 10.0 Å². The molecule has 1 aromatic heterocycles. The molecule has 0 bridgehead atoms. The molecule has 0 saturated carbocycles. The van der Waals surface area contributed by atoms with Crippen LogP contribution in [-0.4, -0.2) is 33.7 Å². The second-order valence-electron chi connectivity index (χ2n) is 4.92. The highest BCUT2D eigenvalue weighted by Crippen LogP contribution is 2.20. The molecule has 0 spiro atoms. The molecule has 0 amide bonds. The Morgan fingerprint density at radius 2 is 1.96 bits per heavy atom. The van der Waals surface area contributed by atoms with Crippen molar-refractivity contribution in [2.75, 3.05) is 19.3 Å². The van der Waals surface area contributed by atoms with Gasteiger partial charge in [-0.15, -0.1) is 23.1 Å². The average molecular weight is 419 g/mol. The van der Waals surface area contributed by atoms with E-state index in [1.807, 2.05) is 24.3 Å². The first-order chi connectivity index (χ1) is 11.9. The lowest BCUT2D eigenvalue weighted by atomic mass is 10.4. The first-order valence-corrected chi connectivity index (χ1v) is 11.1. The van der Waals surface area contributed by atoms with Crippen molar-refractivity contribution in [3.8, 4) is 0 Å². The Morgan fingerprint density at radius 1 is 1.24 bits per heavy atom. The molecule has 136 valence electrons. The predicted molar refractivity (Wildman–Crippen MR) is 106 cm³/mol. The van der Waals surface area contributed by atoms with Crippen LogP contribution in [0.3, 0.4) is 0 Å². The van der Waals surface area contributed by atoms with Crippen LogP contribution >= 0.6 is 34.7 Å². The fourth-order valence-electron chi connectivity index (χ4n) is 1.87. The topological polar surface area (TPSA) is 96.6 Å². The lowest BCUT2D eigenvalue weighted by Gasteiger charge is -2.11. The van der Waals surface area contributed by atoms with Crippen LogP contribution in [0.4, 0.5) is 0 Å². The van der Waals surface area contributed by atoms with E-state index in [2.05, 4.69) is 15.6 Å². The van der Waals surface area contributed by atoms with Gasteiger partial charge in [-0.25, -0.2) is 13.6 Å². The van der Waals surface area contributed by atoms with Gasteiger partial charge >= 0.3 is 0 Å². The molecule has 10 heteroatoms. The van der Waals surface area contributed by atoms with Crippen LogP contribution in [-0.2, 0) is 16.6 Å². The van der Waals surface area contributed by atoms with Gasteiger partial charge in [0, 0.05) is 34.1 Å². The van der Waals surface area contributed by atoms with Gasteiger partial charge in [0.25, 0.3) is 0 Å². The van der Waals surface area contributed by atoms with Crippen molar-refractivity contribution in [1.82, 2.24) is 10.6 Å². The van der Waals surface area contributed by atoms with Gasteiger partial charge in [-0.2, -0.15) is 0 Å². The summed E-state index contributed by atoms with van der Waals surface area (Å²) in [5.74, 6) is 1.53. The van der Waals surface area contributed by atoms with Crippen molar-refractivity contribution in [1.29, 1.82) is 0 Å². The minimum absolute atomic E-state index is 0.159. The van der Waals surface area contributed by atoms with Gasteiger partial charge in [-0.3, -0.25) is 4.99 Å². The first-order valence-electron chi connectivity index (χ1n) is 7.33. The van der Waals surface area contributed by atoms with E-state index >= 15 is 0 Å². The third kappa shape index (κ3) is 6.87. The number of nitrogens with zero attached hydrogens (tertiary/aromatic N) is 1. The van der Waals surface area contributed by atoms with Crippen LogP contribution < -0.4 is 15.8 Å². The number of thioether (sulfide) groups is 1. The number of nitrogens with one attached hydrogen (secondary N) is 2. The number of aliphatic imine (C=N–C) groups is 1. The molecule has 2 aromatic rings. The summed E-state index contributed by atoms with van der Waals surface area (Å²) >= 11 is 8.73. The Morgan fingerprint density at radius 3 is 2.56 bits per heavy atom. The number of nitrogens with two attached hydrogens (primary N) is 1. The SMILES string of the molecule is CN=C(NCCSc1ccc(Cl)cc1)NCc1ccc(S(N)(=O)=O)s1. The molecule has 6 nitrogen and oxygen atoms in total. The summed E-state index contributed by atoms with van der Waals surface area (Å²) in [7, 11) is -1.95. The molecule has 0 atom stereocenters. The van der Waals surface area contributed by atoms with E-state index in [1.165, 1.54) is 6.07 Å². The Labute approximate surface area is 160 Å². The summed E-state index contributed by atoms with van der Waals surface area (Å²) in [4.78, 5) is 6.16. The highest BCUT2D eigenvalue weighted by atomic mass is 35.5. The number of benzene rings is 1.